The van der Waals surface area contributed by atoms with Crippen molar-refractivity contribution >= 4 is 44.4 Å². The number of likely N-dealkylation sites (N-methyl/N-ethyl adjacent to an activating group) is 1. The van der Waals surface area contributed by atoms with Gasteiger partial charge in [-0.3, -0.25) is 4.79 Å². The van der Waals surface area contributed by atoms with Crippen molar-refractivity contribution in [2.75, 3.05) is 25.7 Å². The summed E-state index contributed by atoms with van der Waals surface area (Å²) in [4.78, 5) is 29.6. The summed E-state index contributed by atoms with van der Waals surface area (Å²) in [5.41, 5.74) is 1.83. The van der Waals surface area contributed by atoms with Crippen LogP contribution in [0.4, 0.5) is 5.69 Å². The van der Waals surface area contributed by atoms with Crippen molar-refractivity contribution in [1.29, 1.82) is 0 Å². The number of halogens is 1. The van der Waals surface area contributed by atoms with Gasteiger partial charge in [0.15, 0.2) is 6.04 Å². The van der Waals surface area contributed by atoms with Crippen LogP contribution in [-0.4, -0.2) is 54.8 Å². The van der Waals surface area contributed by atoms with Crippen molar-refractivity contribution in [3.63, 3.8) is 0 Å². The van der Waals surface area contributed by atoms with E-state index in [1.807, 2.05) is 50.2 Å². The van der Waals surface area contributed by atoms with Crippen LogP contribution in [0.2, 0.25) is 0 Å². The van der Waals surface area contributed by atoms with Crippen molar-refractivity contribution in [2.24, 2.45) is 5.92 Å². The summed E-state index contributed by atoms with van der Waals surface area (Å²) in [7, 11) is 3.05. The van der Waals surface area contributed by atoms with E-state index in [1.54, 1.807) is 0 Å². The highest BCUT2D eigenvalue weighted by atomic mass is 79.9. The molecule has 8 heteroatoms. The van der Waals surface area contributed by atoms with Crippen LogP contribution < -0.4 is 10.2 Å². The predicted octanol–water partition coefficient (Wildman–Crippen LogP) is 2.04. The maximum atomic E-state index is 12.9. The first-order valence-corrected chi connectivity index (χ1v) is 9.08. The third-order valence-electron chi connectivity index (χ3n) is 4.29. The van der Waals surface area contributed by atoms with Gasteiger partial charge in [-0.2, -0.15) is 0 Å². The van der Waals surface area contributed by atoms with Gasteiger partial charge in [0, 0.05) is 34.3 Å². The van der Waals surface area contributed by atoms with Gasteiger partial charge in [0.25, 0.3) is 0 Å². The molecule has 142 valence electrons. The summed E-state index contributed by atoms with van der Waals surface area (Å²) in [6.45, 7) is 3.34. The van der Waals surface area contributed by atoms with Gasteiger partial charge in [-0.25, -0.2) is 4.79 Å². The van der Waals surface area contributed by atoms with E-state index in [2.05, 4.69) is 31.0 Å². The number of rotatable bonds is 7. The van der Waals surface area contributed by atoms with Gasteiger partial charge >= 0.3 is 5.97 Å². The largest absolute Gasteiger partial charge is 0.467 e. The molecule has 0 bridgehead atoms. The van der Waals surface area contributed by atoms with Crippen LogP contribution >= 0.6 is 15.9 Å². The Kier molecular flexibility index (Phi) is 6.66. The smallest absolute Gasteiger partial charge is 0.330 e. The highest BCUT2D eigenvalue weighted by Crippen LogP contribution is 2.32. The molecule has 0 radical (unpaired) electrons. The normalized spacial score (nSPS) is 13.5. The zero-order valence-corrected chi connectivity index (χ0v) is 16.8. The first kappa shape index (κ1) is 20.3. The second-order valence-corrected chi connectivity index (χ2v) is 7.35. The number of aliphatic hydroxyl groups is 1. The minimum absolute atomic E-state index is 0.0371. The molecule has 0 unspecified atom stereocenters. The Balaban J connectivity index is 2.35. The Hall–Kier alpha value is -2.06. The van der Waals surface area contributed by atoms with Crippen LogP contribution in [-0.2, 0) is 14.3 Å². The zero-order chi connectivity index (χ0) is 19.4. The van der Waals surface area contributed by atoms with Crippen molar-refractivity contribution in [2.45, 2.75) is 25.9 Å². The van der Waals surface area contributed by atoms with E-state index in [0.717, 1.165) is 21.1 Å². The van der Waals surface area contributed by atoms with Gasteiger partial charge in [0.1, 0.15) is 6.04 Å². The molecule has 1 aromatic carbocycles. The number of esters is 1. The lowest BCUT2D eigenvalue weighted by atomic mass is 10.00. The zero-order valence-electron chi connectivity index (χ0n) is 15.2. The van der Waals surface area contributed by atoms with Crippen LogP contribution in [0, 0.1) is 5.92 Å². The number of hydrogen-bond acceptors (Lipinski definition) is 5. The van der Waals surface area contributed by atoms with Crippen molar-refractivity contribution < 1.29 is 19.4 Å². The fraction of sp³-hybridized carbons (Fsp3) is 0.444. The number of anilines is 1. The Bertz CT molecular complexity index is 790. The molecule has 26 heavy (non-hydrogen) atoms. The van der Waals surface area contributed by atoms with Crippen LogP contribution in [0.5, 0.6) is 0 Å². The Labute approximate surface area is 160 Å². The molecule has 0 saturated heterocycles. The molecule has 1 amide bonds. The standard InChI is InChI=1S/C18H24BrN3O4/c1-10(2)16(17(24)21-14(9-23)18(25)26-4)22(3)15-8-11(19)7-13-12(15)5-6-20-13/h5-8,10,14,16,20,23H,9H2,1-4H3,(H,21,24)/t14-,16-/m0/s1. The van der Waals surface area contributed by atoms with Crippen molar-refractivity contribution in [1.82, 2.24) is 10.3 Å². The SMILES string of the molecule is COC(=O)[C@H](CO)NC(=O)[C@H](C(C)C)N(C)c1cc(Br)cc2[nH]ccc12. The summed E-state index contributed by atoms with van der Waals surface area (Å²) < 4.78 is 5.50. The maximum absolute atomic E-state index is 12.9. The molecule has 0 aliphatic carbocycles. The molecule has 0 aliphatic rings. The summed E-state index contributed by atoms with van der Waals surface area (Å²) in [5, 5.41) is 12.9. The van der Waals surface area contributed by atoms with Crippen LogP contribution in [0.3, 0.4) is 0 Å². The van der Waals surface area contributed by atoms with Gasteiger partial charge in [-0.1, -0.05) is 29.8 Å². The van der Waals surface area contributed by atoms with Gasteiger partial charge in [-0.05, 0) is 24.1 Å². The first-order chi connectivity index (χ1) is 12.3. The molecule has 0 aliphatic heterocycles. The molecule has 0 spiro atoms. The summed E-state index contributed by atoms with van der Waals surface area (Å²) >= 11 is 3.50. The predicted molar refractivity (Wildman–Crippen MR) is 104 cm³/mol. The van der Waals surface area contributed by atoms with Crippen LogP contribution in [0.15, 0.2) is 28.9 Å². The Morgan fingerprint density at radius 3 is 2.65 bits per heavy atom. The molecule has 2 rings (SSSR count). The minimum Gasteiger partial charge on any atom is -0.467 e. The summed E-state index contributed by atoms with van der Waals surface area (Å²) in [6, 6.07) is 4.24. The lowest BCUT2D eigenvalue weighted by Gasteiger charge is -2.33. The number of benzene rings is 1. The molecule has 7 nitrogen and oxygen atoms in total. The van der Waals surface area contributed by atoms with Gasteiger partial charge in [0.05, 0.1) is 13.7 Å². The molecule has 1 heterocycles. The number of carbonyl (C=O) groups excluding carboxylic acids is 2. The van der Waals surface area contributed by atoms with E-state index in [9.17, 15) is 14.7 Å². The number of fused-ring (bicyclic) bond motifs is 1. The van der Waals surface area contributed by atoms with E-state index >= 15 is 0 Å². The van der Waals surface area contributed by atoms with Gasteiger partial charge < -0.3 is 25.0 Å². The average molecular weight is 426 g/mol. The number of aromatic amines is 1. The quantitative estimate of drug-likeness (QED) is 0.590. The second-order valence-electron chi connectivity index (χ2n) is 6.43. The lowest BCUT2D eigenvalue weighted by Crippen LogP contribution is -2.54. The number of aliphatic hydroxyl groups excluding tert-OH is 1. The summed E-state index contributed by atoms with van der Waals surface area (Å²) in [5.74, 6) is -1.07. The monoisotopic (exact) mass is 425 g/mol. The molecule has 2 atom stereocenters. The second kappa shape index (κ2) is 8.55. The highest BCUT2D eigenvalue weighted by Gasteiger charge is 2.31. The number of nitrogens with zero attached hydrogens (tertiary/aromatic N) is 1. The molecular weight excluding hydrogens is 402 g/mol. The van der Waals surface area contributed by atoms with Gasteiger partial charge in [0.2, 0.25) is 5.91 Å². The number of aromatic nitrogens is 1. The van der Waals surface area contributed by atoms with Crippen LogP contribution in [0.25, 0.3) is 10.9 Å². The molecule has 0 saturated carbocycles. The third kappa shape index (κ3) is 4.19. The van der Waals surface area contributed by atoms with E-state index in [4.69, 9.17) is 0 Å². The number of methoxy groups -OCH3 is 1. The molecule has 1 aromatic heterocycles. The highest BCUT2D eigenvalue weighted by molar-refractivity contribution is 9.10. The third-order valence-corrected chi connectivity index (χ3v) is 4.75. The first-order valence-electron chi connectivity index (χ1n) is 8.28. The van der Waals surface area contributed by atoms with E-state index < -0.39 is 24.7 Å². The van der Waals surface area contributed by atoms with Crippen LogP contribution in [0.1, 0.15) is 13.8 Å². The Morgan fingerprint density at radius 2 is 2.08 bits per heavy atom. The number of hydrogen-bond donors (Lipinski definition) is 3. The average Bonchev–Trinajstić information content (AvgIpc) is 3.05. The minimum atomic E-state index is -1.09. The molecule has 0 fully saturated rings. The fourth-order valence-corrected chi connectivity index (χ4v) is 3.50. The van der Waals surface area contributed by atoms with E-state index in [0.29, 0.717) is 0 Å². The fourth-order valence-electron chi connectivity index (χ4n) is 3.06. The number of carbonyl (C=O) groups is 2. The number of ether oxygens (including phenoxy) is 1. The van der Waals surface area contributed by atoms with E-state index in [1.165, 1.54) is 7.11 Å². The van der Waals surface area contributed by atoms with E-state index in [-0.39, 0.29) is 11.8 Å². The van der Waals surface area contributed by atoms with Crippen molar-refractivity contribution in [3.8, 4) is 0 Å². The van der Waals surface area contributed by atoms with Crippen molar-refractivity contribution in [3.05, 3.63) is 28.9 Å². The molecular formula is C18H24BrN3O4. The lowest BCUT2D eigenvalue weighted by molar-refractivity contribution is -0.146. The Morgan fingerprint density at radius 1 is 1.38 bits per heavy atom. The number of amides is 1. The topological polar surface area (TPSA) is 94.7 Å². The number of H-pyrrole nitrogens is 1. The summed E-state index contributed by atoms with van der Waals surface area (Å²) in [6.07, 6.45) is 1.85. The number of nitrogens with one attached hydrogen (secondary N) is 2. The van der Waals surface area contributed by atoms with Gasteiger partial charge in [-0.15, -0.1) is 0 Å². The molecule has 2 aromatic rings. The molecule has 3 N–H and O–H groups in total. The maximum Gasteiger partial charge on any atom is 0.330 e.